The van der Waals surface area contributed by atoms with E-state index in [1.807, 2.05) is 26.0 Å². The summed E-state index contributed by atoms with van der Waals surface area (Å²) in [7, 11) is 1.28. The van der Waals surface area contributed by atoms with Crippen molar-refractivity contribution in [3.63, 3.8) is 0 Å². The minimum atomic E-state index is -0.595. The Kier molecular flexibility index (Phi) is 5.11. The Morgan fingerprint density at radius 1 is 1.36 bits per heavy atom. The smallest absolute Gasteiger partial charge is 0.411 e. The highest BCUT2D eigenvalue weighted by Crippen LogP contribution is 2.32. The maximum Gasteiger partial charge on any atom is 0.411 e. The van der Waals surface area contributed by atoms with Gasteiger partial charge in [0.2, 0.25) is 0 Å². The predicted octanol–water partition coefficient (Wildman–Crippen LogP) is 2.87. The van der Waals surface area contributed by atoms with Crippen LogP contribution in [0.5, 0.6) is 0 Å². The highest BCUT2D eigenvalue weighted by molar-refractivity contribution is 7.16. The molecule has 116 valence electrons. The minimum Gasteiger partial charge on any atom is -0.453 e. The quantitative estimate of drug-likeness (QED) is 0.908. The summed E-state index contributed by atoms with van der Waals surface area (Å²) in [4.78, 5) is 28.8. The Hall–Kier alpha value is -2.41. The lowest BCUT2D eigenvalue weighted by atomic mass is 10.1. The number of methoxy groups -OCH3 is 1. The number of hydrogen-bond acceptors (Lipinski definition) is 5. The van der Waals surface area contributed by atoms with Crippen LogP contribution in [-0.4, -0.2) is 24.1 Å². The van der Waals surface area contributed by atoms with Crippen molar-refractivity contribution < 1.29 is 14.3 Å². The normalized spacial score (nSPS) is 10.1. The van der Waals surface area contributed by atoms with Gasteiger partial charge in [0.15, 0.2) is 0 Å². The van der Waals surface area contributed by atoms with Crippen LogP contribution in [0.15, 0.2) is 24.5 Å². The van der Waals surface area contributed by atoms with Gasteiger partial charge in [-0.05, 0) is 31.0 Å². The average molecular weight is 319 g/mol. The van der Waals surface area contributed by atoms with E-state index in [9.17, 15) is 9.59 Å². The van der Waals surface area contributed by atoms with Crippen molar-refractivity contribution >= 4 is 28.3 Å². The average Bonchev–Trinajstić information content (AvgIpc) is 2.80. The van der Waals surface area contributed by atoms with Crippen LogP contribution in [0.25, 0.3) is 0 Å². The van der Waals surface area contributed by atoms with Gasteiger partial charge in [0.1, 0.15) is 5.00 Å². The largest absolute Gasteiger partial charge is 0.453 e. The van der Waals surface area contributed by atoms with E-state index in [1.165, 1.54) is 18.4 Å². The number of thiophene rings is 1. The van der Waals surface area contributed by atoms with Gasteiger partial charge in [-0.25, -0.2) is 4.79 Å². The van der Waals surface area contributed by atoms with Gasteiger partial charge in [0.25, 0.3) is 5.91 Å². The molecule has 2 rings (SSSR count). The fourth-order valence-corrected chi connectivity index (χ4v) is 2.95. The molecule has 0 bridgehead atoms. The molecule has 0 aliphatic heterocycles. The topological polar surface area (TPSA) is 80.3 Å². The third-order valence-electron chi connectivity index (χ3n) is 3.19. The number of carbonyl (C=O) groups is 2. The molecule has 0 radical (unpaired) electrons. The molecule has 0 fully saturated rings. The van der Waals surface area contributed by atoms with E-state index < -0.39 is 6.09 Å². The number of aromatic nitrogens is 1. The lowest BCUT2D eigenvalue weighted by Gasteiger charge is -2.08. The molecule has 0 saturated carbocycles. The van der Waals surface area contributed by atoms with E-state index in [-0.39, 0.29) is 5.91 Å². The van der Waals surface area contributed by atoms with Crippen molar-refractivity contribution in [1.29, 1.82) is 0 Å². The molecule has 0 saturated heterocycles. The van der Waals surface area contributed by atoms with E-state index in [0.717, 1.165) is 16.0 Å². The highest BCUT2D eigenvalue weighted by atomic mass is 32.1. The van der Waals surface area contributed by atoms with Crippen LogP contribution in [0.4, 0.5) is 9.80 Å². The van der Waals surface area contributed by atoms with E-state index >= 15 is 0 Å². The molecule has 2 aromatic rings. The molecular formula is C15H17N3O3S. The molecule has 0 atom stereocenters. The first-order valence-corrected chi connectivity index (χ1v) is 7.46. The van der Waals surface area contributed by atoms with Gasteiger partial charge in [0.05, 0.1) is 12.7 Å². The molecule has 2 amide bonds. The fourth-order valence-electron chi connectivity index (χ4n) is 1.91. The predicted molar refractivity (Wildman–Crippen MR) is 85.2 cm³/mol. The number of hydrogen-bond donors (Lipinski definition) is 2. The first-order valence-electron chi connectivity index (χ1n) is 6.65. The van der Waals surface area contributed by atoms with Crippen molar-refractivity contribution in [3.8, 4) is 0 Å². The number of anilines is 1. The zero-order chi connectivity index (χ0) is 16.1. The molecule has 2 heterocycles. The molecule has 0 spiro atoms. The van der Waals surface area contributed by atoms with E-state index in [0.29, 0.717) is 17.1 Å². The van der Waals surface area contributed by atoms with Crippen molar-refractivity contribution in [1.82, 2.24) is 10.3 Å². The Morgan fingerprint density at radius 2 is 2.14 bits per heavy atom. The number of nitrogens with zero attached hydrogens (tertiary/aromatic N) is 1. The van der Waals surface area contributed by atoms with Crippen molar-refractivity contribution in [2.45, 2.75) is 20.4 Å². The molecule has 0 unspecified atom stereocenters. The molecule has 0 aromatic carbocycles. The number of carbonyl (C=O) groups excluding carboxylic acids is 2. The number of aryl methyl sites for hydroxylation is 1. The molecule has 0 aliphatic rings. The number of pyridine rings is 1. The SMILES string of the molecule is COC(=O)Nc1sc(C)c(C)c1C(=O)NCc1cccnc1. The van der Waals surface area contributed by atoms with Crippen LogP contribution in [0.1, 0.15) is 26.4 Å². The zero-order valence-corrected chi connectivity index (χ0v) is 13.4. The van der Waals surface area contributed by atoms with Crippen molar-refractivity contribution in [2.75, 3.05) is 12.4 Å². The van der Waals surface area contributed by atoms with Crippen LogP contribution < -0.4 is 10.6 Å². The summed E-state index contributed by atoms with van der Waals surface area (Å²) in [5.74, 6) is -0.239. The Labute approximate surface area is 132 Å². The molecule has 0 aliphatic carbocycles. The molecule has 2 aromatic heterocycles. The summed E-state index contributed by atoms with van der Waals surface area (Å²) < 4.78 is 4.58. The second kappa shape index (κ2) is 7.04. The first-order chi connectivity index (χ1) is 10.5. The molecule has 22 heavy (non-hydrogen) atoms. The number of nitrogens with one attached hydrogen (secondary N) is 2. The van der Waals surface area contributed by atoms with Gasteiger partial charge in [0, 0.05) is 23.8 Å². The summed E-state index contributed by atoms with van der Waals surface area (Å²) in [5.41, 5.74) is 2.22. The standard InChI is InChI=1S/C15H17N3O3S/c1-9-10(2)22-14(18-15(20)21-3)12(9)13(19)17-8-11-5-4-6-16-7-11/h4-7H,8H2,1-3H3,(H,17,19)(H,18,20). The third kappa shape index (κ3) is 3.62. The summed E-state index contributed by atoms with van der Waals surface area (Å²) in [6.45, 7) is 4.13. The van der Waals surface area contributed by atoms with Crippen LogP contribution in [0.3, 0.4) is 0 Å². The lowest BCUT2D eigenvalue weighted by Crippen LogP contribution is -2.24. The maximum absolute atomic E-state index is 12.4. The summed E-state index contributed by atoms with van der Waals surface area (Å²) in [6, 6.07) is 3.69. The Balaban J connectivity index is 2.16. The van der Waals surface area contributed by atoms with E-state index in [1.54, 1.807) is 12.4 Å². The second-order valence-corrected chi connectivity index (χ2v) is 5.87. The van der Waals surface area contributed by atoms with Gasteiger partial charge in [-0.3, -0.25) is 15.1 Å². The fraction of sp³-hybridized carbons (Fsp3) is 0.267. The van der Waals surface area contributed by atoms with E-state index in [4.69, 9.17) is 0 Å². The van der Waals surface area contributed by atoms with Gasteiger partial charge in [-0.15, -0.1) is 11.3 Å². The van der Waals surface area contributed by atoms with E-state index in [2.05, 4.69) is 20.4 Å². The first kappa shape index (κ1) is 16.0. The number of rotatable bonds is 4. The summed E-state index contributed by atoms with van der Waals surface area (Å²) in [5, 5.41) is 5.91. The molecule has 6 nitrogen and oxygen atoms in total. The molecule has 2 N–H and O–H groups in total. The van der Waals surface area contributed by atoms with Crippen LogP contribution in [0.2, 0.25) is 0 Å². The summed E-state index contributed by atoms with van der Waals surface area (Å²) >= 11 is 1.35. The summed E-state index contributed by atoms with van der Waals surface area (Å²) in [6.07, 6.45) is 2.78. The molecule has 7 heteroatoms. The van der Waals surface area contributed by atoms with Gasteiger partial charge >= 0.3 is 6.09 Å². The van der Waals surface area contributed by atoms with Crippen LogP contribution >= 0.6 is 11.3 Å². The highest BCUT2D eigenvalue weighted by Gasteiger charge is 2.21. The van der Waals surface area contributed by atoms with Crippen molar-refractivity contribution in [2.24, 2.45) is 0 Å². The lowest BCUT2D eigenvalue weighted by molar-refractivity contribution is 0.0951. The number of ether oxygens (including phenoxy) is 1. The molecular weight excluding hydrogens is 302 g/mol. The van der Waals surface area contributed by atoms with Gasteiger partial charge in [-0.1, -0.05) is 6.07 Å². The Bertz CT molecular complexity index is 683. The van der Waals surface area contributed by atoms with Crippen molar-refractivity contribution in [3.05, 3.63) is 46.1 Å². The van der Waals surface area contributed by atoms with Crippen LogP contribution in [0, 0.1) is 13.8 Å². The second-order valence-electron chi connectivity index (χ2n) is 4.65. The van der Waals surface area contributed by atoms with Crippen LogP contribution in [-0.2, 0) is 11.3 Å². The minimum absolute atomic E-state index is 0.239. The maximum atomic E-state index is 12.4. The zero-order valence-electron chi connectivity index (χ0n) is 12.6. The van der Waals surface area contributed by atoms with Gasteiger partial charge in [-0.2, -0.15) is 0 Å². The monoisotopic (exact) mass is 319 g/mol. The third-order valence-corrected chi connectivity index (χ3v) is 4.31. The number of amides is 2. The Morgan fingerprint density at radius 3 is 2.77 bits per heavy atom. The van der Waals surface area contributed by atoms with Gasteiger partial charge < -0.3 is 10.1 Å².